The average molecular weight is 489 g/mol. The Morgan fingerprint density at radius 1 is 1.10 bits per heavy atom. The van der Waals surface area contributed by atoms with Crippen LogP contribution in [-0.4, -0.2) is 31.7 Å². The second kappa shape index (κ2) is 10.1. The van der Waals surface area contributed by atoms with Crippen molar-refractivity contribution in [3.63, 3.8) is 0 Å². The highest BCUT2D eigenvalue weighted by molar-refractivity contribution is 9.10. The highest BCUT2D eigenvalue weighted by Crippen LogP contribution is 2.30. The molecule has 2 aromatic rings. The lowest BCUT2D eigenvalue weighted by Crippen LogP contribution is -2.37. The van der Waals surface area contributed by atoms with Gasteiger partial charge in [-0.25, -0.2) is 4.79 Å². The summed E-state index contributed by atoms with van der Waals surface area (Å²) in [5, 5.41) is 5.40. The van der Waals surface area contributed by atoms with Crippen LogP contribution in [0.5, 0.6) is 11.5 Å². The number of benzene rings is 2. The van der Waals surface area contributed by atoms with Crippen molar-refractivity contribution in [2.24, 2.45) is 0 Å². The van der Waals surface area contributed by atoms with E-state index in [2.05, 4.69) is 31.3 Å². The first-order chi connectivity index (χ1) is 14.9. The van der Waals surface area contributed by atoms with E-state index in [9.17, 15) is 14.4 Å². The molecule has 0 spiro atoms. The van der Waals surface area contributed by atoms with Gasteiger partial charge in [0.25, 0.3) is 11.8 Å². The molecular formula is C22H21BrN2O6. The minimum absolute atomic E-state index is 0.238. The molecule has 1 heterocycles. The Morgan fingerprint density at radius 3 is 2.65 bits per heavy atom. The summed E-state index contributed by atoms with van der Waals surface area (Å²) >= 11 is 3.37. The van der Waals surface area contributed by atoms with Crippen molar-refractivity contribution in [2.75, 3.05) is 13.7 Å². The standard InChI is InChI=1S/C22H21BrN2O6/c1-3-8-30-18-7-4-13(9-19(18)31-22(28)29-2)11-24-12-17-16-10-14(23)5-6-15(16)20(26)25-21(17)27/h4-7,9-10,12,24H,3,8,11H2,1-2H3,(H,25,26,27). The molecule has 2 amide bonds. The van der Waals surface area contributed by atoms with Crippen LogP contribution < -0.4 is 20.1 Å². The molecule has 0 aliphatic carbocycles. The molecule has 9 heteroatoms. The molecule has 0 bridgehead atoms. The zero-order valence-electron chi connectivity index (χ0n) is 17.0. The molecule has 0 aromatic heterocycles. The summed E-state index contributed by atoms with van der Waals surface area (Å²) in [6, 6.07) is 10.3. The molecule has 162 valence electrons. The average Bonchev–Trinajstić information content (AvgIpc) is 2.75. The van der Waals surface area contributed by atoms with E-state index in [1.165, 1.54) is 7.11 Å². The van der Waals surface area contributed by atoms with Gasteiger partial charge in [-0.15, -0.1) is 0 Å². The van der Waals surface area contributed by atoms with Crippen LogP contribution in [-0.2, 0) is 16.1 Å². The minimum Gasteiger partial charge on any atom is -0.490 e. The van der Waals surface area contributed by atoms with Gasteiger partial charge in [-0.1, -0.05) is 28.9 Å². The van der Waals surface area contributed by atoms with Gasteiger partial charge in [0.15, 0.2) is 11.5 Å². The number of halogens is 1. The summed E-state index contributed by atoms with van der Waals surface area (Å²) in [4.78, 5) is 35.9. The van der Waals surface area contributed by atoms with Crippen LogP contribution in [0.3, 0.4) is 0 Å². The lowest BCUT2D eigenvalue weighted by molar-refractivity contribution is -0.114. The molecule has 0 radical (unpaired) electrons. The summed E-state index contributed by atoms with van der Waals surface area (Å²) in [5.74, 6) is -0.251. The molecule has 8 nitrogen and oxygen atoms in total. The minimum atomic E-state index is -0.848. The lowest BCUT2D eigenvalue weighted by Gasteiger charge is -2.18. The third kappa shape index (κ3) is 5.43. The second-order valence-corrected chi connectivity index (χ2v) is 7.51. The van der Waals surface area contributed by atoms with E-state index in [1.54, 1.807) is 36.5 Å². The number of hydrogen-bond donors (Lipinski definition) is 2. The first-order valence-electron chi connectivity index (χ1n) is 9.53. The monoisotopic (exact) mass is 488 g/mol. The molecule has 0 saturated carbocycles. The van der Waals surface area contributed by atoms with Crippen LogP contribution in [0.1, 0.15) is 34.8 Å². The number of carbonyl (C=O) groups is 3. The van der Waals surface area contributed by atoms with Crippen molar-refractivity contribution in [1.82, 2.24) is 10.6 Å². The zero-order valence-corrected chi connectivity index (χ0v) is 18.6. The number of imide groups is 1. The predicted octanol–water partition coefficient (Wildman–Crippen LogP) is 3.78. The number of nitrogens with one attached hydrogen (secondary N) is 2. The Labute approximate surface area is 187 Å². The van der Waals surface area contributed by atoms with E-state index < -0.39 is 18.0 Å². The Kier molecular flexibility index (Phi) is 7.30. The Bertz CT molecular complexity index is 1050. The zero-order chi connectivity index (χ0) is 22.4. The fourth-order valence-electron chi connectivity index (χ4n) is 2.92. The number of methoxy groups -OCH3 is 1. The van der Waals surface area contributed by atoms with Crippen LogP contribution in [0.2, 0.25) is 0 Å². The van der Waals surface area contributed by atoms with Crippen LogP contribution >= 0.6 is 15.9 Å². The highest BCUT2D eigenvalue weighted by atomic mass is 79.9. The van der Waals surface area contributed by atoms with Gasteiger partial charge in [0.05, 0.1) is 19.3 Å². The molecule has 0 unspecified atom stereocenters. The van der Waals surface area contributed by atoms with Gasteiger partial charge >= 0.3 is 6.16 Å². The number of rotatable bonds is 7. The molecular weight excluding hydrogens is 468 g/mol. The molecule has 2 N–H and O–H groups in total. The smallest absolute Gasteiger partial charge is 0.490 e. The van der Waals surface area contributed by atoms with Crippen molar-refractivity contribution in [2.45, 2.75) is 19.9 Å². The second-order valence-electron chi connectivity index (χ2n) is 6.60. The summed E-state index contributed by atoms with van der Waals surface area (Å²) in [6.45, 7) is 2.78. The molecule has 0 saturated heterocycles. The summed E-state index contributed by atoms with van der Waals surface area (Å²) in [7, 11) is 1.22. The Hall–Kier alpha value is -3.33. The van der Waals surface area contributed by atoms with Gasteiger partial charge in [-0.2, -0.15) is 0 Å². The van der Waals surface area contributed by atoms with Gasteiger partial charge in [-0.3, -0.25) is 14.9 Å². The predicted molar refractivity (Wildman–Crippen MR) is 117 cm³/mol. The number of amides is 2. The first kappa shape index (κ1) is 22.4. The third-order valence-electron chi connectivity index (χ3n) is 4.37. The lowest BCUT2D eigenvalue weighted by atomic mass is 9.95. The third-order valence-corrected chi connectivity index (χ3v) is 4.86. The molecule has 31 heavy (non-hydrogen) atoms. The van der Waals surface area contributed by atoms with Crippen LogP contribution in [0.4, 0.5) is 4.79 Å². The van der Waals surface area contributed by atoms with E-state index in [-0.39, 0.29) is 5.75 Å². The van der Waals surface area contributed by atoms with Crippen LogP contribution in [0.25, 0.3) is 5.57 Å². The maximum absolute atomic E-state index is 12.3. The van der Waals surface area contributed by atoms with Gasteiger partial charge in [0, 0.05) is 28.3 Å². The molecule has 1 aliphatic rings. The molecule has 1 aliphatic heterocycles. The Morgan fingerprint density at radius 2 is 1.90 bits per heavy atom. The fraction of sp³-hybridized carbons (Fsp3) is 0.227. The SMILES string of the molecule is CCCOc1ccc(CNC=C2C(=O)NC(=O)c3ccc(Br)cc32)cc1OC(=O)OC. The number of carbonyl (C=O) groups excluding carboxylic acids is 3. The van der Waals surface area contributed by atoms with Gasteiger partial charge < -0.3 is 19.5 Å². The molecule has 3 rings (SSSR count). The van der Waals surface area contributed by atoms with E-state index in [0.29, 0.717) is 35.6 Å². The van der Waals surface area contributed by atoms with Gasteiger partial charge in [0.1, 0.15) is 0 Å². The maximum atomic E-state index is 12.3. The van der Waals surface area contributed by atoms with Crippen LogP contribution in [0.15, 0.2) is 47.1 Å². The molecule has 0 atom stereocenters. The summed E-state index contributed by atoms with van der Waals surface area (Å²) < 4.78 is 16.1. The van der Waals surface area contributed by atoms with Gasteiger partial charge in [0.2, 0.25) is 0 Å². The van der Waals surface area contributed by atoms with Gasteiger partial charge in [-0.05, 0) is 42.3 Å². The van der Waals surface area contributed by atoms with Crippen molar-refractivity contribution in [3.05, 3.63) is 63.8 Å². The van der Waals surface area contributed by atoms with E-state index >= 15 is 0 Å². The number of fused-ring (bicyclic) bond motifs is 1. The summed E-state index contributed by atoms with van der Waals surface area (Å²) in [6.07, 6.45) is 1.51. The quantitative estimate of drug-likeness (QED) is 0.264. The number of hydrogen-bond acceptors (Lipinski definition) is 7. The topological polar surface area (TPSA) is 103 Å². The van der Waals surface area contributed by atoms with Crippen molar-refractivity contribution in [1.29, 1.82) is 0 Å². The summed E-state index contributed by atoms with van der Waals surface area (Å²) in [5.41, 5.74) is 2.07. The van der Waals surface area contributed by atoms with Crippen LogP contribution in [0, 0.1) is 0 Å². The normalized spacial score (nSPS) is 14.0. The van der Waals surface area contributed by atoms with E-state index in [0.717, 1.165) is 16.5 Å². The highest BCUT2D eigenvalue weighted by Gasteiger charge is 2.27. The first-order valence-corrected chi connectivity index (χ1v) is 10.3. The van der Waals surface area contributed by atoms with E-state index in [1.807, 2.05) is 13.0 Å². The largest absolute Gasteiger partial charge is 0.513 e. The molecule has 2 aromatic carbocycles. The Balaban J connectivity index is 1.80. The van der Waals surface area contributed by atoms with Crippen molar-refractivity contribution >= 4 is 39.5 Å². The maximum Gasteiger partial charge on any atom is 0.513 e. The van der Waals surface area contributed by atoms with Crippen molar-refractivity contribution < 1.29 is 28.6 Å². The fourth-order valence-corrected chi connectivity index (χ4v) is 3.28. The van der Waals surface area contributed by atoms with E-state index in [4.69, 9.17) is 9.47 Å². The molecule has 0 fully saturated rings. The van der Waals surface area contributed by atoms with Crippen molar-refractivity contribution in [3.8, 4) is 11.5 Å². The number of ether oxygens (including phenoxy) is 3.